The first kappa shape index (κ1) is 6.98. The molecule has 11 heavy (non-hydrogen) atoms. The number of nitrogens with zero attached hydrogens (tertiary/aromatic N) is 3. The maximum Gasteiger partial charge on any atom is 0.145 e. The maximum absolute atomic E-state index is 5.75. The van der Waals surface area contributed by atoms with Crippen molar-refractivity contribution in [1.82, 2.24) is 14.0 Å². The molecule has 3 heterocycles. The van der Waals surface area contributed by atoms with Crippen molar-refractivity contribution in [2.24, 2.45) is 0 Å². The van der Waals surface area contributed by atoms with Crippen LogP contribution in [0, 0.1) is 0 Å². The van der Waals surface area contributed by atoms with Gasteiger partial charge < -0.3 is 0 Å². The second kappa shape index (κ2) is 2.06. The fourth-order valence-electron chi connectivity index (χ4n) is 1.45. The Bertz CT molecular complexity index is 194. The lowest BCUT2D eigenvalue weighted by molar-refractivity contribution is 0.697. The van der Waals surface area contributed by atoms with Crippen LogP contribution in [0.25, 0.3) is 0 Å². The van der Waals surface area contributed by atoms with E-state index in [1.165, 1.54) is 39.3 Å². The molecular formula is C6H12N3PS. The summed E-state index contributed by atoms with van der Waals surface area (Å²) in [6, 6.07) is 0. The summed E-state index contributed by atoms with van der Waals surface area (Å²) in [6.07, 6.45) is 0. The van der Waals surface area contributed by atoms with Crippen molar-refractivity contribution >= 4 is 18.3 Å². The van der Waals surface area contributed by atoms with Gasteiger partial charge in [-0.05, 0) is 11.8 Å². The fourth-order valence-corrected chi connectivity index (χ4v) is 5.83. The molecule has 3 aliphatic heterocycles. The van der Waals surface area contributed by atoms with Crippen molar-refractivity contribution in [3.8, 4) is 0 Å². The minimum atomic E-state index is -1.27. The summed E-state index contributed by atoms with van der Waals surface area (Å²) in [5.74, 6) is 0. The van der Waals surface area contributed by atoms with Crippen molar-refractivity contribution in [2.45, 2.75) is 0 Å². The van der Waals surface area contributed by atoms with Gasteiger partial charge in [-0.1, -0.05) is 0 Å². The van der Waals surface area contributed by atoms with E-state index in [4.69, 9.17) is 11.8 Å². The van der Waals surface area contributed by atoms with Crippen LogP contribution >= 0.6 is 6.49 Å². The predicted molar refractivity (Wildman–Crippen MR) is 49.0 cm³/mol. The van der Waals surface area contributed by atoms with Gasteiger partial charge in [0.05, 0.1) is 0 Å². The lowest BCUT2D eigenvalue weighted by Gasteiger charge is -2.25. The number of rotatable bonds is 3. The average molecular weight is 195 g/mol. The Labute approximate surface area is 72.1 Å². The molecule has 0 atom stereocenters. The molecule has 62 valence electrons. The van der Waals surface area contributed by atoms with Crippen molar-refractivity contribution < 1.29 is 0 Å². The smallest absolute Gasteiger partial charge is 0.145 e. The maximum atomic E-state index is 5.75. The van der Waals surface area contributed by atoms with Crippen LogP contribution in [0.4, 0.5) is 0 Å². The van der Waals surface area contributed by atoms with E-state index in [0.717, 1.165) is 0 Å². The normalized spacial score (nSPS) is 32.4. The molecule has 0 spiro atoms. The highest BCUT2D eigenvalue weighted by Crippen LogP contribution is 2.65. The van der Waals surface area contributed by atoms with E-state index in [9.17, 15) is 0 Å². The lowest BCUT2D eigenvalue weighted by atomic mass is 12.0. The Morgan fingerprint density at radius 1 is 0.727 bits per heavy atom. The summed E-state index contributed by atoms with van der Waals surface area (Å²) in [4.78, 5) is 0. The van der Waals surface area contributed by atoms with Gasteiger partial charge in [-0.15, -0.1) is 0 Å². The molecule has 3 nitrogen and oxygen atoms in total. The summed E-state index contributed by atoms with van der Waals surface area (Å²) < 4.78 is 7.47. The van der Waals surface area contributed by atoms with Gasteiger partial charge in [0, 0.05) is 39.3 Å². The molecule has 0 bridgehead atoms. The minimum absolute atomic E-state index is 1.25. The third kappa shape index (κ3) is 1.01. The molecule has 0 aromatic heterocycles. The fraction of sp³-hybridized carbons (Fsp3) is 1.00. The Hall–Kier alpha value is 0.530. The van der Waals surface area contributed by atoms with Gasteiger partial charge in [0.25, 0.3) is 0 Å². The van der Waals surface area contributed by atoms with E-state index in [2.05, 4.69) is 14.0 Å². The molecule has 0 aromatic carbocycles. The van der Waals surface area contributed by atoms with Gasteiger partial charge in [0.1, 0.15) is 6.49 Å². The van der Waals surface area contributed by atoms with Gasteiger partial charge in [0.2, 0.25) is 0 Å². The van der Waals surface area contributed by atoms with E-state index in [1.807, 2.05) is 0 Å². The van der Waals surface area contributed by atoms with Crippen molar-refractivity contribution in [2.75, 3.05) is 39.3 Å². The van der Waals surface area contributed by atoms with Gasteiger partial charge in [-0.2, -0.15) is 0 Å². The summed E-state index contributed by atoms with van der Waals surface area (Å²) in [7, 11) is 0. The van der Waals surface area contributed by atoms with Crippen molar-refractivity contribution in [3.63, 3.8) is 0 Å². The molecule has 0 N–H and O–H groups in total. The highest BCUT2D eigenvalue weighted by molar-refractivity contribution is 8.11. The SMILES string of the molecule is S=P(N1[13CH2][13CH2]1)(N1[13CH2][13CH2]1)N1[13CH2][13CH2]1. The van der Waals surface area contributed by atoms with E-state index in [-0.39, 0.29) is 0 Å². The van der Waals surface area contributed by atoms with E-state index >= 15 is 0 Å². The van der Waals surface area contributed by atoms with E-state index < -0.39 is 6.49 Å². The molecule has 0 radical (unpaired) electrons. The second-order valence-corrected chi connectivity index (χ2v) is 7.57. The first-order chi connectivity index (χ1) is 5.32. The van der Waals surface area contributed by atoms with Crippen molar-refractivity contribution in [3.05, 3.63) is 0 Å². The molecule has 3 rings (SSSR count). The zero-order valence-electron chi connectivity index (χ0n) is 6.44. The molecule has 0 aliphatic carbocycles. The largest absolute Gasteiger partial charge is 0.249 e. The highest BCUT2D eigenvalue weighted by atomic mass is 32.4. The molecule has 3 aliphatic rings. The quantitative estimate of drug-likeness (QED) is 0.360. The second-order valence-electron chi connectivity index (χ2n) is 3.37. The zero-order valence-corrected chi connectivity index (χ0v) is 8.15. The Balaban J connectivity index is 1.88. The van der Waals surface area contributed by atoms with Crippen LogP contribution in [-0.2, 0) is 11.8 Å². The topological polar surface area (TPSA) is 9.03 Å². The first-order valence-electron chi connectivity index (χ1n) is 4.18. The molecule has 5 heteroatoms. The highest BCUT2D eigenvalue weighted by Gasteiger charge is 2.50. The van der Waals surface area contributed by atoms with Gasteiger partial charge in [-0.25, -0.2) is 14.0 Å². The zero-order chi connectivity index (χ0) is 7.47. The monoisotopic (exact) mass is 195 g/mol. The van der Waals surface area contributed by atoms with Crippen LogP contribution in [0.5, 0.6) is 0 Å². The Morgan fingerprint density at radius 3 is 1.18 bits per heavy atom. The van der Waals surface area contributed by atoms with Crippen LogP contribution in [-0.4, -0.2) is 53.3 Å². The average Bonchev–Trinajstić information content (AvgIpc) is 2.81. The summed E-state index contributed by atoms with van der Waals surface area (Å²) in [6.45, 7) is 6.26. The molecule has 3 fully saturated rings. The third-order valence-electron chi connectivity index (χ3n) is 2.38. The predicted octanol–water partition coefficient (Wildman–Crippen LogP) is 0.158. The molecule has 0 amide bonds. The van der Waals surface area contributed by atoms with Gasteiger partial charge in [0.15, 0.2) is 0 Å². The van der Waals surface area contributed by atoms with Crippen LogP contribution in [0.1, 0.15) is 0 Å². The first-order valence-corrected chi connectivity index (χ1v) is 6.84. The third-order valence-corrected chi connectivity index (χ3v) is 7.87. The lowest BCUT2D eigenvalue weighted by Crippen LogP contribution is -2.11. The molecular weight excluding hydrogens is 183 g/mol. The van der Waals surface area contributed by atoms with E-state index in [0.29, 0.717) is 0 Å². The van der Waals surface area contributed by atoms with Gasteiger partial charge in [-0.3, -0.25) is 0 Å². The standard InChI is InChI=1S/C6H12N3PS/c11-10(7-1-2-7,8-3-4-8)9-5-6-9/h1-6H2/i1+1,2+1,3+1,4+1,5+1,6+1. The van der Waals surface area contributed by atoms with Crippen LogP contribution < -0.4 is 0 Å². The molecule has 0 saturated carbocycles. The van der Waals surface area contributed by atoms with Crippen LogP contribution in [0.3, 0.4) is 0 Å². The van der Waals surface area contributed by atoms with E-state index in [1.54, 1.807) is 0 Å². The van der Waals surface area contributed by atoms with Gasteiger partial charge >= 0.3 is 0 Å². The summed E-state index contributed by atoms with van der Waals surface area (Å²) in [5, 5.41) is 0. The van der Waals surface area contributed by atoms with Crippen LogP contribution in [0.2, 0.25) is 0 Å². The molecule has 0 unspecified atom stereocenters. The molecule has 0 aromatic rings. The number of hydrogen-bond donors (Lipinski definition) is 0. The van der Waals surface area contributed by atoms with Crippen LogP contribution in [0.15, 0.2) is 0 Å². The summed E-state index contributed by atoms with van der Waals surface area (Å²) >= 11 is 5.75. The minimum Gasteiger partial charge on any atom is -0.249 e. The van der Waals surface area contributed by atoms with Crippen molar-refractivity contribution in [1.29, 1.82) is 0 Å². The summed E-state index contributed by atoms with van der Waals surface area (Å²) in [5.41, 5.74) is 0. The molecule has 3 saturated heterocycles. The Kier molecular flexibility index (Phi) is 1.31. The Morgan fingerprint density at radius 2 is 1.00 bits per heavy atom. The number of hydrogen-bond acceptors (Lipinski definition) is 1.